The highest BCUT2D eigenvalue weighted by atomic mass is 16.6. The summed E-state index contributed by atoms with van der Waals surface area (Å²) >= 11 is 0. The Hall–Kier alpha value is -4.46. The third-order valence-corrected chi connectivity index (χ3v) is 6.43. The molecule has 2 aliphatic rings. The van der Waals surface area contributed by atoms with Crippen LogP contribution in [0, 0.1) is 0 Å². The van der Waals surface area contributed by atoms with Crippen LogP contribution in [-0.2, 0) is 16.1 Å². The van der Waals surface area contributed by atoms with Crippen molar-refractivity contribution >= 4 is 17.4 Å². The van der Waals surface area contributed by atoms with E-state index < -0.39 is 17.7 Å². The van der Waals surface area contributed by atoms with Crippen molar-refractivity contribution in [1.82, 2.24) is 4.90 Å². The molecule has 2 heterocycles. The van der Waals surface area contributed by atoms with Gasteiger partial charge in [-0.05, 0) is 55.8 Å². The summed E-state index contributed by atoms with van der Waals surface area (Å²) < 4.78 is 22.6. The first-order chi connectivity index (χ1) is 18.4. The number of para-hydroxylation sites is 1. The van der Waals surface area contributed by atoms with E-state index >= 15 is 0 Å². The molecule has 0 radical (unpaired) electrons. The number of nitrogens with zero attached hydrogens (tertiary/aromatic N) is 1. The number of hydrogen-bond donors (Lipinski definition) is 1. The molecule has 1 saturated heterocycles. The number of hydrogen-bond acceptors (Lipinski definition) is 7. The molecule has 1 fully saturated rings. The SMILES string of the molecule is COc1ccccc1CN1C(=O)C(=O)/C(=C(\O)c2ccc3c(c2)OCCO3)C1c1cccc(OC(C)C)c1. The van der Waals surface area contributed by atoms with Gasteiger partial charge < -0.3 is 29.0 Å². The van der Waals surface area contributed by atoms with Crippen LogP contribution in [0.2, 0.25) is 0 Å². The van der Waals surface area contributed by atoms with Crippen molar-refractivity contribution in [3.05, 3.63) is 89.0 Å². The maximum absolute atomic E-state index is 13.5. The molecule has 196 valence electrons. The normalized spacial score (nSPS) is 18.1. The molecule has 0 aliphatic carbocycles. The molecule has 2 aliphatic heterocycles. The fraction of sp³-hybridized carbons (Fsp3) is 0.267. The lowest BCUT2D eigenvalue weighted by molar-refractivity contribution is -0.140. The molecule has 0 bridgehead atoms. The topological polar surface area (TPSA) is 94.5 Å². The van der Waals surface area contributed by atoms with Gasteiger partial charge in [0.25, 0.3) is 11.7 Å². The Kier molecular flexibility index (Phi) is 6.96. The smallest absolute Gasteiger partial charge is 0.295 e. The number of amides is 1. The second-order valence-electron chi connectivity index (χ2n) is 9.34. The molecule has 0 spiro atoms. The van der Waals surface area contributed by atoms with Crippen molar-refractivity contribution in [3.8, 4) is 23.0 Å². The van der Waals surface area contributed by atoms with Crippen LogP contribution in [0.3, 0.4) is 0 Å². The minimum Gasteiger partial charge on any atom is -0.507 e. The van der Waals surface area contributed by atoms with Gasteiger partial charge in [-0.2, -0.15) is 0 Å². The quantitative estimate of drug-likeness (QED) is 0.272. The first kappa shape index (κ1) is 25.2. The number of methoxy groups -OCH3 is 1. The van der Waals surface area contributed by atoms with Gasteiger partial charge in [0.1, 0.15) is 30.5 Å². The molecule has 38 heavy (non-hydrogen) atoms. The van der Waals surface area contributed by atoms with Crippen LogP contribution in [0.1, 0.15) is 36.6 Å². The number of aliphatic hydroxyl groups is 1. The second kappa shape index (κ2) is 10.5. The van der Waals surface area contributed by atoms with Crippen LogP contribution >= 0.6 is 0 Å². The number of Topliss-reactive ketones (excluding diaryl/α,β-unsaturated/α-hetero) is 1. The fourth-order valence-electron chi connectivity index (χ4n) is 4.78. The van der Waals surface area contributed by atoms with E-state index in [1.807, 2.05) is 44.2 Å². The zero-order chi connectivity index (χ0) is 26.8. The summed E-state index contributed by atoms with van der Waals surface area (Å²) in [5.41, 5.74) is 1.71. The summed E-state index contributed by atoms with van der Waals surface area (Å²) in [4.78, 5) is 28.4. The molecular formula is C30H29NO7. The molecule has 5 rings (SSSR count). The number of rotatable bonds is 7. The molecule has 0 aromatic heterocycles. The zero-order valence-corrected chi connectivity index (χ0v) is 21.5. The predicted octanol–water partition coefficient (Wildman–Crippen LogP) is 4.88. The zero-order valence-electron chi connectivity index (χ0n) is 21.5. The average molecular weight is 516 g/mol. The van der Waals surface area contributed by atoms with Gasteiger partial charge in [-0.3, -0.25) is 9.59 Å². The van der Waals surface area contributed by atoms with Gasteiger partial charge in [0, 0.05) is 11.1 Å². The number of aliphatic hydroxyl groups excluding tert-OH is 1. The number of benzene rings is 3. The molecule has 1 amide bonds. The molecular weight excluding hydrogens is 486 g/mol. The number of fused-ring (bicyclic) bond motifs is 1. The lowest BCUT2D eigenvalue weighted by Gasteiger charge is -2.26. The van der Waals surface area contributed by atoms with E-state index in [4.69, 9.17) is 18.9 Å². The average Bonchev–Trinajstić information content (AvgIpc) is 3.17. The van der Waals surface area contributed by atoms with Gasteiger partial charge in [-0.25, -0.2) is 0 Å². The van der Waals surface area contributed by atoms with Crippen LogP contribution in [0.5, 0.6) is 23.0 Å². The summed E-state index contributed by atoms with van der Waals surface area (Å²) in [6, 6.07) is 18.6. The Morgan fingerprint density at radius 2 is 1.76 bits per heavy atom. The van der Waals surface area contributed by atoms with Crippen molar-refractivity contribution in [2.75, 3.05) is 20.3 Å². The molecule has 8 nitrogen and oxygen atoms in total. The first-order valence-corrected chi connectivity index (χ1v) is 12.4. The van der Waals surface area contributed by atoms with E-state index in [9.17, 15) is 14.7 Å². The monoisotopic (exact) mass is 515 g/mol. The molecule has 8 heteroatoms. The van der Waals surface area contributed by atoms with E-state index in [1.54, 1.807) is 43.5 Å². The maximum atomic E-state index is 13.5. The standard InChI is InChI=1S/C30H29NO7/c1-18(2)38-22-9-6-8-19(15-22)27-26(28(32)20-11-12-24-25(16-20)37-14-13-36-24)29(33)30(34)31(27)17-21-7-4-5-10-23(21)35-3/h4-12,15-16,18,27,32H,13-14,17H2,1-3H3/b28-26-. The Morgan fingerprint density at radius 3 is 2.53 bits per heavy atom. The van der Waals surface area contributed by atoms with Crippen molar-refractivity contribution < 1.29 is 33.6 Å². The van der Waals surface area contributed by atoms with Crippen LogP contribution in [-0.4, -0.2) is 48.1 Å². The Bertz CT molecular complexity index is 1410. The highest BCUT2D eigenvalue weighted by molar-refractivity contribution is 6.46. The second-order valence-corrected chi connectivity index (χ2v) is 9.34. The Morgan fingerprint density at radius 1 is 1.00 bits per heavy atom. The van der Waals surface area contributed by atoms with Gasteiger partial charge in [0.05, 0.1) is 31.4 Å². The molecule has 0 saturated carbocycles. The van der Waals surface area contributed by atoms with Crippen LogP contribution in [0.4, 0.5) is 0 Å². The van der Waals surface area contributed by atoms with E-state index in [-0.39, 0.29) is 24.0 Å². The molecule has 1 unspecified atom stereocenters. The van der Waals surface area contributed by atoms with Crippen LogP contribution in [0.25, 0.3) is 5.76 Å². The third kappa shape index (κ3) is 4.77. The van der Waals surface area contributed by atoms with Crippen LogP contribution < -0.4 is 18.9 Å². The van der Waals surface area contributed by atoms with Crippen molar-refractivity contribution in [1.29, 1.82) is 0 Å². The highest BCUT2D eigenvalue weighted by Gasteiger charge is 2.46. The van der Waals surface area contributed by atoms with Crippen molar-refractivity contribution in [3.63, 3.8) is 0 Å². The number of likely N-dealkylation sites (tertiary alicyclic amines) is 1. The third-order valence-electron chi connectivity index (χ3n) is 6.43. The molecule has 1 N–H and O–H groups in total. The van der Waals surface area contributed by atoms with Crippen molar-refractivity contribution in [2.45, 2.75) is 32.5 Å². The van der Waals surface area contributed by atoms with Gasteiger partial charge in [-0.15, -0.1) is 0 Å². The maximum Gasteiger partial charge on any atom is 0.295 e. The van der Waals surface area contributed by atoms with Crippen molar-refractivity contribution in [2.24, 2.45) is 0 Å². The number of ether oxygens (including phenoxy) is 4. The van der Waals surface area contributed by atoms with Gasteiger partial charge >= 0.3 is 0 Å². The number of carbonyl (C=O) groups is 2. The lowest BCUT2D eigenvalue weighted by Crippen LogP contribution is -2.29. The van der Waals surface area contributed by atoms with E-state index in [1.165, 1.54) is 4.90 Å². The summed E-state index contributed by atoms with van der Waals surface area (Å²) in [6.07, 6.45) is -0.0668. The predicted molar refractivity (Wildman–Crippen MR) is 140 cm³/mol. The van der Waals surface area contributed by atoms with Gasteiger partial charge in [0.2, 0.25) is 0 Å². The Balaban J connectivity index is 1.64. The van der Waals surface area contributed by atoms with Gasteiger partial charge in [-0.1, -0.05) is 30.3 Å². The largest absolute Gasteiger partial charge is 0.507 e. The first-order valence-electron chi connectivity index (χ1n) is 12.4. The summed E-state index contributed by atoms with van der Waals surface area (Å²) in [5.74, 6) is 0.439. The summed E-state index contributed by atoms with van der Waals surface area (Å²) in [5, 5.41) is 11.5. The van der Waals surface area contributed by atoms with Crippen LogP contribution in [0.15, 0.2) is 72.3 Å². The minimum absolute atomic E-state index is 0.0109. The number of ketones is 1. The molecule has 3 aromatic rings. The lowest BCUT2D eigenvalue weighted by atomic mass is 9.94. The van der Waals surface area contributed by atoms with E-state index in [0.29, 0.717) is 47.3 Å². The molecule has 1 atom stereocenters. The fourth-order valence-corrected chi connectivity index (χ4v) is 4.78. The number of carbonyl (C=O) groups excluding carboxylic acids is 2. The van der Waals surface area contributed by atoms with Gasteiger partial charge in [0.15, 0.2) is 11.5 Å². The minimum atomic E-state index is -0.858. The van der Waals surface area contributed by atoms with E-state index in [2.05, 4.69) is 0 Å². The molecule has 3 aromatic carbocycles. The summed E-state index contributed by atoms with van der Waals surface area (Å²) in [6.45, 7) is 4.75. The highest BCUT2D eigenvalue weighted by Crippen LogP contribution is 2.43. The van der Waals surface area contributed by atoms with E-state index in [0.717, 1.165) is 5.56 Å². The summed E-state index contributed by atoms with van der Waals surface area (Å²) in [7, 11) is 1.55. The Labute approximate surface area is 221 Å².